The molecule has 0 aliphatic carbocycles. The van der Waals surface area contributed by atoms with Gasteiger partial charge in [-0.2, -0.15) is 14.0 Å². The van der Waals surface area contributed by atoms with Crippen LogP contribution in [0.3, 0.4) is 0 Å². The van der Waals surface area contributed by atoms with E-state index in [2.05, 4.69) is 4.74 Å². The van der Waals surface area contributed by atoms with Crippen LogP contribution in [0.4, 0.5) is 8.78 Å². The lowest BCUT2D eigenvalue weighted by Crippen LogP contribution is -2.08. The minimum Gasteiger partial charge on any atom is -0.478 e. The number of aryl methyl sites for hydroxylation is 1. The zero-order chi connectivity index (χ0) is 12.3. The quantitative estimate of drug-likeness (QED) is 0.858. The van der Waals surface area contributed by atoms with Gasteiger partial charge < -0.3 is 9.84 Å². The molecular formula is C10H7F2NO3. The van der Waals surface area contributed by atoms with E-state index in [-0.39, 0.29) is 5.56 Å². The van der Waals surface area contributed by atoms with Crippen LogP contribution in [0.1, 0.15) is 21.5 Å². The van der Waals surface area contributed by atoms with Crippen LogP contribution >= 0.6 is 0 Å². The Hall–Kier alpha value is -2.16. The molecule has 84 valence electrons. The summed E-state index contributed by atoms with van der Waals surface area (Å²) in [5.74, 6) is -1.78. The molecule has 0 bridgehead atoms. The maximum atomic E-state index is 12.0. The van der Waals surface area contributed by atoms with Gasteiger partial charge in [0.1, 0.15) is 17.4 Å². The molecule has 1 aromatic carbocycles. The van der Waals surface area contributed by atoms with Crippen molar-refractivity contribution in [1.29, 1.82) is 5.26 Å². The average molecular weight is 227 g/mol. The number of nitrogens with zero attached hydrogens (tertiary/aromatic N) is 1. The second-order valence-corrected chi connectivity index (χ2v) is 2.98. The number of hydrogen-bond donors (Lipinski definition) is 1. The van der Waals surface area contributed by atoms with Gasteiger partial charge in [-0.3, -0.25) is 0 Å². The van der Waals surface area contributed by atoms with Crippen molar-refractivity contribution in [3.05, 3.63) is 28.8 Å². The highest BCUT2D eigenvalue weighted by Gasteiger charge is 2.18. The van der Waals surface area contributed by atoms with Crippen molar-refractivity contribution < 1.29 is 23.4 Å². The lowest BCUT2D eigenvalue weighted by Gasteiger charge is -2.09. The number of carboxylic acid groups (broad SMARTS) is 1. The van der Waals surface area contributed by atoms with Crippen LogP contribution in [0.2, 0.25) is 0 Å². The molecule has 0 heterocycles. The monoisotopic (exact) mass is 227 g/mol. The lowest BCUT2D eigenvalue weighted by molar-refractivity contribution is -0.0501. The number of carbonyl (C=O) groups is 1. The SMILES string of the molecule is Cc1cc(OC(F)F)c(C#N)c(C(=O)O)c1. The zero-order valence-electron chi connectivity index (χ0n) is 8.20. The van der Waals surface area contributed by atoms with Crippen molar-refractivity contribution in [2.75, 3.05) is 0 Å². The first-order chi connectivity index (χ1) is 7.45. The van der Waals surface area contributed by atoms with Crippen LogP contribution < -0.4 is 4.74 Å². The predicted molar refractivity (Wildman–Crippen MR) is 49.5 cm³/mol. The molecule has 1 aromatic rings. The standard InChI is InChI=1S/C10H7F2NO3/c1-5-2-6(9(14)15)7(4-13)8(3-5)16-10(11)12/h2-3,10H,1H3,(H,14,15). The number of ether oxygens (including phenoxy) is 1. The Labute approximate surface area is 89.7 Å². The van der Waals surface area contributed by atoms with Crippen LogP contribution in [0.25, 0.3) is 0 Å². The van der Waals surface area contributed by atoms with Gasteiger partial charge in [-0.05, 0) is 24.6 Å². The normalized spacial score (nSPS) is 9.94. The Bertz CT molecular complexity index is 466. The van der Waals surface area contributed by atoms with Gasteiger partial charge in [-0.15, -0.1) is 0 Å². The Morgan fingerprint density at radius 2 is 2.19 bits per heavy atom. The fraction of sp³-hybridized carbons (Fsp3) is 0.200. The van der Waals surface area contributed by atoms with Gasteiger partial charge in [-0.25, -0.2) is 4.79 Å². The van der Waals surface area contributed by atoms with E-state index < -0.39 is 23.9 Å². The fourth-order valence-electron chi connectivity index (χ4n) is 1.23. The number of hydrogen-bond acceptors (Lipinski definition) is 3. The highest BCUT2D eigenvalue weighted by molar-refractivity contribution is 5.91. The van der Waals surface area contributed by atoms with Crippen molar-refractivity contribution >= 4 is 5.97 Å². The first-order valence-electron chi connectivity index (χ1n) is 4.18. The first kappa shape index (κ1) is 11.9. The van der Waals surface area contributed by atoms with E-state index in [0.717, 1.165) is 0 Å². The Balaban J connectivity index is 3.37. The summed E-state index contributed by atoms with van der Waals surface area (Å²) >= 11 is 0. The van der Waals surface area contributed by atoms with Crippen molar-refractivity contribution in [2.24, 2.45) is 0 Å². The van der Waals surface area contributed by atoms with Gasteiger partial charge in [0, 0.05) is 0 Å². The van der Waals surface area contributed by atoms with Crippen LogP contribution in [0, 0.1) is 18.3 Å². The Kier molecular flexibility index (Phi) is 3.40. The van der Waals surface area contributed by atoms with Crippen LogP contribution in [-0.4, -0.2) is 17.7 Å². The van der Waals surface area contributed by atoms with Crippen molar-refractivity contribution in [3.63, 3.8) is 0 Å². The van der Waals surface area contributed by atoms with Gasteiger partial charge in [0.05, 0.1) is 5.56 Å². The molecule has 0 aliphatic heterocycles. The molecule has 0 saturated heterocycles. The number of aromatic carboxylic acids is 1. The number of nitriles is 1. The summed E-state index contributed by atoms with van der Waals surface area (Å²) in [7, 11) is 0. The third kappa shape index (κ3) is 2.45. The number of alkyl halides is 2. The van der Waals surface area contributed by atoms with Gasteiger partial charge in [0.15, 0.2) is 0 Å². The van der Waals surface area contributed by atoms with E-state index in [4.69, 9.17) is 10.4 Å². The molecule has 0 aliphatic rings. The molecule has 0 saturated carbocycles. The van der Waals surface area contributed by atoms with E-state index in [1.54, 1.807) is 0 Å². The summed E-state index contributed by atoms with van der Waals surface area (Å²) in [5, 5.41) is 17.5. The molecular weight excluding hydrogens is 220 g/mol. The third-order valence-electron chi connectivity index (χ3n) is 1.80. The molecule has 0 aromatic heterocycles. The summed E-state index contributed by atoms with van der Waals surface area (Å²) in [6.45, 7) is -1.58. The minimum atomic E-state index is -3.10. The highest BCUT2D eigenvalue weighted by atomic mass is 19.3. The van der Waals surface area contributed by atoms with Gasteiger partial charge >= 0.3 is 12.6 Å². The largest absolute Gasteiger partial charge is 0.478 e. The summed E-state index contributed by atoms with van der Waals surface area (Å²) in [5.41, 5.74) is -0.330. The molecule has 6 heteroatoms. The summed E-state index contributed by atoms with van der Waals surface area (Å²) in [6, 6.07) is 3.95. The third-order valence-corrected chi connectivity index (χ3v) is 1.80. The molecule has 0 unspecified atom stereocenters. The zero-order valence-corrected chi connectivity index (χ0v) is 8.20. The van der Waals surface area contributed by atoms with Crippen LogP contribution in [0.15, 0.2) is 12.1 Å². The molecule has 1 rings (SSSR count). The topological polar surface area (TPSA) is 70.3 Å². The summed E-state index contributed by atoms with van der Waals surface area (Å²) in [4.78, 5) is 10.8. The molecule has 0 spiro atoms. The molecule has 4 nitrogen and oxygen atoms in total. The van der Waals surface area contributed by atoms with Crippen LogP contribution in [-0.2, 0) is 0 Å². The van der Waals surface area contributed by atoms with Gasteiger partial charge in [-0.1, -0.05) is 0 Å². The van der Waals surface area contributed by atoms with E-state index >= 15 is 0 Å². The van der Waals surface area contributed by atoms with Crippen LogP contribution in [0.5, 0.6) is 5.75 Å². The molecule has 0 radical (unpaired) electrons. The number of halogens is 2. The minimum absolute atomic E-state index is 0.349. The predicted octanol–water partition coefficient (Wildman–Crippen LogP) is 2.17. The van der Waals surface area contributed by atoms with Crippen molar-refractivity contribution in [1.82, 2.24) is 0 Å². The Morgan fingerprint density at radius 1 is 1.56 bits per heavy atom. The molecule has 1 N–H and O–H groups in total. The molecule has 0 fully saturated rings. The summed E-state index contributed by atoms with van der Waals surface area (Å²) in [6.07, 6.45) is 0. The maximum Gasteiger partial charge on any atom is 0.387 e. The average Bonchev–Trinajstić information content (AvgIpc) is 2.15. The second kappa shape index (κ2) is 4.57. The van der Waals surface area contributed by atoms with E-state index in [1.165, 1.54) is 25.1 Å². The second-order valence-electron chi connectivity index (χ2n) is 2.98. The number of carboxylic acids is 1. The molecule has 0 amide bonds. The van der Waals surface area contributed by atoms with E-state index in [1.807, 2.05) is 0 Å². The van der Waals surface area contributed by atoms with E-state index in [0.29, 0.717) is 5.56 Å². The Morgan fingerprint density at radius 3 is 2.62 bits per heavy atom. The van der Waals surface area contributed by atoms with E-state index in [9.17, 15) is 13.6 Å². The highest BCUT2D eigenvalue weighted by Crippen LogP contribution is 2.25. The number of rotatable bonds is 3. The van der Waals surface area contributed by atoms with Gasteiger partial charge in [0.2, 0.25) is 0 Å². The smallest absolute Gasteiger partial charge is 0.387 e. The summed E-state index contributed by atoms with van der Waals surface area (Å²) < 4.78 is 28.1. The molecule has 0 atom stereocenters. The van der Waals surface area contributed by atoms with Gasteiger partial charge in [0.25, 0.3) is 0 Å². The fourth-order valence-corrected chi connectivity index (χ4v) is 1.23. The molecule has 16 heavy (non-hydrogen) atoms. The van der Waals surface area contributed by atoms with Crippen molar-refractivity contribution in [3.8, 4) is 11.8 Å². The first-order valence-corrected chi connectivity index (χ1v) is 4.18. The maximum absolute atomic E-state index is 12.0. The number of benzene rings is 1. The van der Waals surface area contributed by atoms with Crippen molar-refractivity contribution in [2.45, 2.75) is 13.5 Å². The lowest BCUT2D eigenvalue weighted by atomic mass is 10.0.